The second kappa shape index (κ2) is 6.85. The standard InChI is InChI=1S/C15H20BrN3OS/c1-15(14(17)21)5-7-19(8-6-15)10-13(20)18-12-4-2-3-11(16)9-12/h2-4,9H,5-8,10H2,1H3,(H2,17,21)(H,18,20). The summed E-state index contributed by atoms with van der Waals surface area (Å²) in [6, 6.07) is 7.59. The lowest BCUT2D eigenvalue weighted by atomic mass is 9.80. The van der Waals surface area contributed by atoms with Crippen LogP contribution in [0.15, 0.2) is 28.7 Å². The number of nitrogens with zero attached hydrogens (tertiary/aromatic N) is 1. The van der Waals surface area contributed by atoms with Gasteiger partial charge in [-0.05, 0) is 44.1 Å². The molecule has 1 aliphatic rings. The summed E-state index contributed by atoms with van der Waals surface area (Å²) in [4.78, 5) is 14.8. The van der Waals surface area contributed by atoms with Crippen LogP contribution < -0.4 is 11.1 Å². The van der Waals surface area contributed by atoms with Crippen LogP contribution in [0.4, 0.5) is 5.69 Å². The molecule has 0 aromatic heterocycles. The lowest BCUT2D eigenvalue weighted by Crippen LogP contribution is -2.46. The second-order valence-corrected chi connectivity index (χ2v) is 7.12. The molecule has 1 aromatic rings. The van der Waals surface area contributed by atoms with E-state index in [-0.39, 0.29) is 11.3 Å². The highest BCUT2D eigenvalue weighted by atomic mass is 79.9. The van der Waals surface area contributed by atoms with Gasteiger partial charge in [-0.25, -0.2) is 0 Å². The van der Waals surface area contributed by atoms with E-state index in [1.54, 1.807) is 0 Å². The molecule has 0 bridgehead atoms. The number of halogens is 1. The normalized spacial score (nSPS) is 18.2. The van der Waals surface area contributed by atoms with Crippen LogP contribution in [0.3, 0.4) is 0 Å². The fourth-order valence-electron chi connectivity index (χ4n) is 2.42. The Balaban J connectivity index is 1.83. The molecule has 0 aliphatic carbocycles. The summed E-state index contributed by atoms with van der Waals surface area (Å²) < 4.78 is 0.950. The van der Waals surface area contributed by atoms with Crippen molar-refractivity contribution in [1.82, 2.24) is 4.90 Å². The highest BCUT2D eigenvalue weighted by Crippen LogP contribution is 2.31. The molecule has 1 aliphatic heterocycles. The summed E-state index contributed by atoms with van der Waals surface area (Å²) in [6.45, 7) is 4.20. The second-order valence-electron chi connectivity index (χ2n) is 5.76. The van der Waals surface area contributed by atoms with E-state index in [2.05, 4.69) is 33.1 Å². The molecule has 6 heteroatoms. The van der Waals surface area contributed by atoms with Crippen LogP contribution in [0.25, 0.3) is 0 Å². The molecule has 0 radical (unpaired) electrons. The number of carbonyl (C=O) groups is 1. The number of carbonyl (C=O) groups excluding carboxylic acids is 1. The lowest BCUT2D eigenvalue weighted by molar-refractivity contribution is -0.117. The predicted octanol–water partition coefficient (Wildman–Crippen LogP) is 2.78. The first-order chi connectivity index (χ1) is 9.89. The molecule has 0 atom stereocenters. The van der Waals surface area contributed by atoms with Crippen LogP contribution in [-0.4, -0.2) is 35.4 Å². The highest BCUT2D eigenvalue weighted by Gasteiger charge is 2.32. The molecule has 2 rings (SSSR count). The maximum absolute atomic E-state index is 12.1. The number of nitrogens with one attached hydrogen (secondary N) is 1. The third kappa shape index (κ3) is 4.49. The molecular formula is C15H20BrN3OS. The zero-order valence-corrected chi connectivity index (χ0v) is 14.5. The van der Waals surface area contributed by atoms with Crippen molar-refractivity contribution in [1.29, 1.82) is 0 Å². The summed E-state index contributed by atoms with van der Waals surface area (Å²) in [5.41, 5.74) is 6.54. The van der Waals surface area contributed by atoms with Crippen molar-refractivity contribution >= 4 is 44.7 Å². The van der Waals surface area contributed by atoms with Gasteiger partial charge in [0.15, 0.2) is 0 Å². The number of likely N-dealkylation sites (tertiary alicyclic amines) is 1. The summed E-state index contributed by atoms with van der Waals surface area (Å²) in [6.07, 6.45) is 1.82. The molecule has 0 spiro atoms. The zero-order valence-electron chi connectivity index (χ0n) is 12.1. The monoisotopic (exact) mass is 369 g/mol. The first kappa shape index (κ1) is 16.4. The van der Waals surface area contributed by atoms with Gasteiger partial charge in [0.25, 0.3) is 0 Å². The molecule has 0 unspecified atom stereocenters. The van der Waals surface area contributed by atoms with Crippen molar-refractivity contribution in [2.75, 3.05) is 25.0 Å². The third-order valence-electron chi connectivity index (χ3n) is 4.03. The number of piperidine rings is 1. The van der Waals surface area contributed by atoms with Gasteiger partial charge in [0.1, 0.15) is 0 Å². The minimum absolute atomic E-state index is 0.00651. The van der Waals surface area contributed by atoms with Gasteiger partial charge < -0.3 is 11.1 Å². The topological polar surface area (TPSA) is 58.4 Å². The number of anilines is 1. The van der Waals surface area contributed by atoms with E-state index in [0.29, 0.717) is 11.5 Å². The molecule has 1 heterocycles. The fourth-order valence-corrected chi connectivity index (χ4v) is 3.02. The third-order valence-corrected chi connectivity index (χ3v) is 5.02. The minimum atomic E-state index is -0.0629. The van der Waals surface area contributed by atoms with E-state index in [4.69, 9.17) is 18.0 Å². The smallest absolute Gasteiger partial charge is 0.238 e. The van der Waals surface area contributed by atoms with Gasteiger partial charge >= 0.3 is 0 Å². The van der Waals surface area contributed by atoms with Crippen molar-refractivity contribution in [2.45, 2.75) is 19.8 Å². The average Bonchev–Trinajstić information content (AvgIpc) is 2.41. The number of thiocarbonyl (C=S) groups is 1. The largest absolute Gasteiger partial charge is 0.393 e. The van der Waals surface area contributed by atoms with Crippen molar-refractivity contribution in [3.63, 3.8) is 0 Å². The molecule has 1 amide bonds. The average molecular weight is 370 g/mol. The number of amides is 1. The Kier molecular flexibility index (Phi) is 5.35. The van der Waals surface area contributed by atoms with E-state index in [0.717, 1.165) is 36.1 Å². The van der Waals surface area contributed by atoms with Crippen LogP contribution in [-0.2, 0) is 4.79 Å². The summed E-state index contributed by atoms with van der Waals surface area (Å²) >= 11 is 8.52. The maximum Gasteiger partial charge on any atom is 0.238 e. The van der Waals surface area contributed by atoms with Crippen LogP contribution in [0.2, 0.25) is 0 Å². The van der Waals surface area contributed by atoms with Gasteiger partial charge in [-0.15, -0.1) is 0 Å². The lowest BCUT2D eigenvalue weighted by Gasteiger charge is -2.38. The van der Waals surface area contributed by atoms with Crippen LogP contribution >= 0.6 is 28.1 Å². The van der Waals surface area contributed by atoms with Gasteiger partial charge in [-0.3, -0.25) is 9.69 Å². The molecular weight excluding hydrogens is 350 g/mol. The highest BCUT2D eigenvalue weighted by molar-refractivity contribution is 9.10. The first-order valence-electron chi connectivity index (χ1n) is 6.97. The minimum Gasteiger partial charge on any atom is -0.393 e. The Labute approximate surface area is 139 Å². The fraction of sp³-hybridized carbons (Fsp3) is 0.467. The number of nitrogens with two attached hydrogens (primary N) is 1. The van der Waals surface area contributed by atoms with Crippen molar-refractivity contribution in [3.05, 3.63) is 28.7 Å². The molecule has 0 saturated carbocycles. The van der Waals surface area contributed by atoms with Gasteiger partial charge in [0.05, 0.1) is 11.5 Å². The van der Waals surface area contributed by atoms with E-state index in [1.807, 2.05) is 24.3 Å². The summed E-state index contributed by atoms with van der Waals surface area (Å²) in [7, 11) is 0. The van der Waals surface area contributed by atoms with Crippen LogP contribution in [0.1, 0.15) is 19.8 Å². The Morgan fingerprint density at radius 3 is 2.71 bits per heavy atom. The Morgan fingerprint density at radius 2 is 2.14 bits per heavy atom. The summed E-state index contributed by atoms with van der Waals surface area (Å²) in [5, 5.41) is 2.91. The quantitative estimate of drug-likeness (QED) is 0.801. The van der Waals surface area contributed by atoms with Crippen LogP contribution in [0, 0.1) is 5.41 Å². The van der Waals surface area contributed by atoms with Gasteiger partial charge in [-0.2, -0.15) is 0 Å². The molecule has 3 N–H and O–H groups in total. The predicted molar refractivity (Wildman–Crippen MR) is 93.3 cm³/mol. The molecule has 114 valence electrons. The first-order valence-corrected chi connectivity index (χ1v) is 8.17. The number of benzene rings is 1. The van der Waals surface area contributed by atoms with E-state index in [1.165, 1.54) is 0 Å². The van der Waals surface area contributed by atoms with Gasteiger partial charge in [0.2, 0.25) is 5.91 Å². The number of hydrogen-bond donors (Lipinski definition) is 2. The number of rotatable bonds is 4. The van der Waals surface area contributed by atoms with E-state index < -0.39 is 0 Å². The zero-order chi connectivity index (χ0) is 15.5. The SMILES string of the molecule is CC1(C(N)=S)CCN(CC(=O)Nc2cccc(Br)c2)CC1. The molecule has 1 aromatic carbocycles. The maximum atomic E-state index is 12.1. The van der Waals surface area contributed by atoms with E-state index in [9.17, 15) is 4.79 Å². The van der Waals surface area contributed by atoms with Crippen molar-refractivity contribution in [2.24, 2.45) is 11.1 Å². The Bertz CT molecular complexity index is 541. The Morgan fingerprint density at radius 1 is 1.48 bits per heavy atom. The molecule has 21 heavy (non-hydrogen) atoms. The van der Waals surface area contributed by atoms with Crippen molar-refractivity contribution < 1.29 is 4.79 Å². The molecule has 4 nitrogen and oxygen atoms in total. The molecule has 1 saturated heterocycles. The van der Waals surface area contributed by atoms with Gasteiger partial charge in [0, 0.05) is 15.6 Å². The van der Waals surface area contributed by atoms with Crippen molar-refractivity contribution in [3.8, 4) is 0 Å². The number of hydrogen-bond acceptors (Lipinski definition) is 3. The molecule has 1 fully saturated rings. The van der Waals surface area contributed by atoms with Crippen LogP contribution in [0.5, 0.6) is 0 Å². The summed E-state index contributed by atoms with van der Waals surface area (Å²) in [5.74, 6) is 0.00651. The van der Waals surface area contributed by atoms with Gasteiger partial charge in [-0.1, -0.05) is 41.1 Å². The Hall–Kier alpha value is -0.980. The van der Waals surface area contributed by atoms with E-state index >= 15 is 0 Å².